The van der Waals surface area contributed by atoms with Crippen molar-refractivity contribution in [3.63, 3.8) is 0 Å². The van der Waals surface area contributed by atoms with Crippen LogP contribution in [-0.4, -0.2) is 9.78 Å². The molecule has 0 amide bonds. The number of hydrogen-bond donors (Lipinski definition) is 0. The fraction of sp³-hybridized carbons (Fsp3) is 0.222. The number of rotatable bonds is 0. The molecule has 2 nitrogen and oxygen atoms in total. The molecule has 0 bridgehead atoms. The fourth-order valence-corrected chi connectivity index (χ4v) is 1.78. The highest BCUT2D eigenvalue weighted by Crippen LogP contribution is 2.18. The first-order valence-electron chi connectivity index (χ1n) is 3.77. The van der Waals surface area contributed by atoms with E-state index in [2.05, 4.69) is 52.8 Å². The first-order chi connectivity index (χ1) is 5.68. The molecule has 62 valence electrons. The third-order valence-corrected chi connectivity index (χ3v) is 2.76. The second-order valence-electron chi connectivity index (χ2n) is 2.87. The van der Waals surface area contributed by atoms with E-state index in [4.69, 9.17) is 0 Å². The molecule has 1 heterocycles. The highest BCUT2D eigenvalue weighted by molar-refractivity contribution is 14.1. The molecule has 2 aromatic rings. The van der Waals surface area contributed by atoms with Crippen LogP contribution in [0.5, 0.6) is 0 Å². The van der Waals surface area contributed by atoms with Gasteiger partial charge in [0.15, 0.2) is 0 Å². The van der Waals surface area contributed by atoms with Gasteiger partial charge in [-0.3, -0.25) is 4.68 Å². The maximum atomic E-state index is 4.39. The maximum absolute atomic E-state index is 4.39. The first kappa shape index (κ1) is 8.04. The Labute approximate surface area is 84.7 Å². The van der Waals surface area contributed by atoms with Gasteiger partial charge in [0.2, 0.25) is 0 Å². The number of benzene rings is 1. The third kappa shape index (κ3) is 1.12. The van der Waals surface area contributed by atoms with E-state index in [0.29, 0.717) is 0 Å². The maximum Gasteiger partial charge on any atom is 0.0936 e. The Balaban J connectivity index is 2.87. The molecule has 3 heteroatoms. The summed E-state index contributed by atoms with van der Waals surface area (Å²) in [6.07, 6.45) is 0. The predicted molar refractivity (Wildman–Crippen MR) is 58.2 cm³/mol. The van der Waals surface area contributed by atoms with Crippen LogP contribution in [-0.2, 0) is 7.05 Å². The van der Waals surface area contributed by atoms with Gasteiger partial charge in [0.25, 0.3) is 0 Å². The van der Waals surface area contributed by atoms with E-state index in [1.54, 1.807) is 0 Å². The van der Waals surface area contributed by atoms with Crippen LogP contribution in [0.2, 0.25) is 0 Å². The molecule has 12 heavy (non-hydrogen) atoms. The lowest BCUT2D eigenvalue weighted by Gasteiger charge is -1.91. The van der Waals surface area contributed by atoms with Crippen molar-refractivity contribution >= 4 is 33.5 Å². The van der Waals surface area contributed by atoms with Gasteiger partial charge in [0, 0.05) is 21.7 Å². The minimum atomic E-state index is 1.09. The summed E-state index contributed by atoms with van der Waals surface area (Å²) < 4.78 is 3.15. The van der Waals surface area contributed by atoms with Crippen LogP contribution in [0.1, 0.15) is 5.69 Å². The van der Waals surface area contributed by atoms with Gasteiger partial charge < -0.3 is 0 Å². The van der Waals surface area contributed by atoms with Gasteiger partial charge in [-0.1, -0.05) is 0 Å². The van der Waals surface area contributed by atoms with Crippen LogP contribution in [0.15, 0.2) is 18.2 Å². The average molecular weight is 272 g/mol. The third-order valence-electron chi connectivity index (χ3n) is 2.09. The molecule has 0 saturated carbocycles. The lowest BCUT2D eigenvalue weighted by molar-refractivity contribution is 0.751. The zero-order chi connectivity index (χ0) is 8.72. The van der Waals surface area contributed by atoms with Crippen molar-refractivity contribution in [2.45, 2.75) is 6.92 Å². The summed E-state index contributed by atoms with van der Waals surface area (Å²) in [7, 11) is 1.97. The lowest BCUT2D eigenvalue weighted by atomic mass is 10.2. The largest absolute Gasteiger partial charge is 0.272 e. The van der Waals surface area contributed by atoms with E-state index in [9.17, 15) is 0 Å². The van der Waals surface area contributed by atoms with E-state index < -0.39 is 0 Å². The Morgan fingerprint density at radius 2 is 2.17 bits per heavy atom. The Morgan fingerprint density at radius 1 is 1.42 bits per heavy atom. The van der Waals surface area contributed by atoms with Crippen LogP contribution >= 0.6 is 22.6 Å². The Bertz CT molecular complexity index is 431. The van der Waals surface area contributed by atoms with Gasteiger partial charge in [0.05, 0.1) is 5.52 Å². The summed E-state index contributed by atoms with van der Waals surface area (Å²) in [6, 6.07) is 6.33. The van der Waals surface area contributed by atoms with E-state index >= 15 is 0 Å². The van der Waals surface area contributed by atoms with Crippen LogP contribution in [0, 0.1) is 10.5 Å². The summed E-state index contributed by atoms with van der Waals surface area (Å²) in [4.78, 5) is 0. The molecular formula is C9H9IN2. The molecular weight excluding hydrogens is 263 g/mol. The van der Waals surface area contributed by atoms with Gasteiger partial charge in [-0.2, -0.15) is 5.10 Å². The molecule has 0 saturated heterocycles. The van der Waals surface area contributed by atoms with Crippen LogP contribution in [0.25, 0.3) is 10.9 Å². The first-order valence-corrected chi connectivity index (χ1v) is 4.85. The fourth-order valence-electron chi connectivity index (χ4n) is 1.30. The molecule has 0 fully saturated rings. The van der Waals surface area contributed by atoms with Gasteiger partial charge >= 0.3 is 0 Å². The summed E-state index contributed by atoms with van der Waals surface area (Å²) in [5.74, 6) is 0. The number of aromatic nitrogens is 2. The molecule has 1 aromatic heterocycles. The Kier molecular flexibility index (Phi) is 1.83. The van der Waals surface area contributed by atoms with Gasteiger partial charge in [-0.25, -0.2) is 0 Å². The standard InChI is InChI=1S/C9H9IN2/c1-6-8-4-3-7(10)5-9(8)11-12(6)2/h3-5H,1-2H3. The minimum Gasteiger partial charge on any atom is -0.272 e. The normalized spacial score (nSPS) is 10.9. The molecule has 1 aromatic carbocycles. The lowest BCUT2D eigenvalue weighted by Crippen LogP contribution is -1.91. The van der Waals surface area contributed by atoms with E-state index in [1.165, 1.54) is 14.7 Å². The van der Waals surface area contributed by atoms with Gasteiger partial charge in [0.1, 0.15) is 0 Å². The number of aryl methyl sites for hydroxylation is 2. The number of hydrogen-bond acceptors (Lipinski definition) is 1. The van der Waals surface area contributed by atoms with Crippen LogP contribution in [0.3, 0.4) is 0 Å². The predicted octanol–water partition coefficient (Wildman–Crippen LogP) is 2.49. The monoisotopic (exact) mass is 272 g/mol. The van der Waals surface area contributed by atoms with Crippen molar-refractivity contribution in [2.24, 2.45) is 7.05 Å². The smallest absolute Gasteiger partial charge is 0.0936 e. The summed E-state index contributed by atoms with van der Waals surface area (Å²) >= 11 is 2.30. The molecule has 2 rings (SSSR count). The van der Waals surface area contributed by atoms with Gasteiger partial charge in [-0.15, -0.1) is 0 Å². The molecule has 0 aliphatic heterocycles. The summed E-state index contributed by atoms with van der Waals surface area (Å²) in [6.45, 7) is 2.09. The van der Waals surface area contributed by atoms with Crippen molar-refractivity contribution in [3.05, 3.63) is 27.5 Å². The molecule has 0 spiro atoms. The van der Waals surface area contributed by atoms with Crippen molar-refractivity contribution in [1.82, 2.24) is 9.78 Å². The average Bonchev–Trinajstić information content (AvgIpc) is 2.28. The topological polar surface area (TPSA) is 17.8 Å². The van der Waals surface area contributed by atoms with Crippen LogP contribution in [0.4, 0.5) is 0 Å². The zero-order valence-electron chi connectivity index (χ0n) is 7.00. The van der Waals surface area contributed by atoms with E-state index in [1.807, 2.05) is 11.7 Å². The second-order valence-corrected chi connectivity index (χ2v) is 4.12. The minimum absolute atomic E-state index is 1.09. The number of nitrogens with zero attached hydrogens (tertiary/aromatic N) is 2. The molecule has 0 aliphatic carbocycles. The zero-order valence-corrected chi connectivity index (χ0v) is 9.16. The molecule has 0 atom stereocenters. The molecule has 0 aliphatic rings. The molecule has 0 N–H and O–H groups in total. The van der Waals surface area contributed by atoms with Crippen molar-refractivity contribution in [2.75, 3.05) is 0 Å². The number of halogens is 1. The van der Waals surface area contributed by atoms with Crippen molar-refractivity contribution < 1.29 is 0 Å². The highest BCUT2D eigenvalue weighted by atomic mass is 127. The Hall–Kier alpha value is -0.580. The molecule has 0 radical (unpaired) electrons. The SMILES string of the molecule is Cc1c2ccc(I)cc2nn1C. The van der Waals surface area contributed by atoms with Crippen molar-refractivity contribution in [1.29, 1.82) is 0 Å². The Morgan fingerprint density at radius 3 is 2.92 bits per heavy atom. The second kappa shape index (κ2) is 2.73. The van der Waals surface area contributed by atoms with Crippen LogP contribution < -0.4 is 0 Å². The quantitative estimate of drug-likeness (QED) is 0.674. The van der Waals surface area contributed by atoms with E-state index in [0.717, 1.165) is 5.52 Å². The van der Waals surface area contributed by atoms with Crippen molar-refractivity contribution in [3.8, 4) is 0 Å². The highest BCUT2D eigenvalue weighted by Gasteiger charge is 2.03. The van der Waals surface area contributed by atoms with E-state index in [-0.39, 0.29) is 0 Å². The van der Waals surface area contributed by atoms with Gasteiger partial charge in [-0.05, 0) is 47.7 Å². The summed E-state index contributed by atoms with van der Waals surface area (Å²) in [5, 5.41) is 5.63. The number of fused-ring (bicyclic) bond motifs is 1. The summed E-state index contributed by atoms with van der Waals surface area (Å²) in [5.41, 5.74) is 2.31. The molecule has 0 unspecified atom stereocenters.